The molecule has 2 N–H and O–H groups in total. The summed E-state index contributed by atoms with van der Waals surface area (Å²) in [4.78, 5) is 24.1. The van der Waals surface area contributed by atoms with Crippen LogP contribution >= 0.6 is 0 Å². The summed E-state index contributed by atoms with van der Waals surface area (Å²) in [7, 11) is 1.88. The highest BCUT2D eigenvalue weighted by molar-refractivity contribution is 5.94. The Morgan fingerprint density at radius 3 is 3.00 bits per heavy atom. The van der Waals surface area contributed by atoms with Gasteiger partial charge in [-0.15, -0.1) is 0 Å². The molecule has 0 atom stereocenters. The van der Waals surface area contributed by atoms with Gasteiger partial charge in [0, 0.05) is 18.6 Å². The molecule has 29 heavy (non-hydrogen) atoms. The Kier molecular flexibility index (Phi) is 3.58. The number of H-pyrrole nitrogens is 1. The second-order valence-electron chi connectivity index (χ2n) is 7.31. The van der Waals surface area contributed by atoms with Gasteiger partial charge in [-0.2, -0.15) is 10.4 Å². The number of fused-ring (bicyclic) bond motifs is 2. The lowest BCUT2D eigenvalue weighted by atomic mass is 10.1. The average molecular weight is 387 g/mol. The highest BCUT2D eigenvalue weighted by Crippen LogP contribution is 2.35. The zero-order valence-corrected chi connectivity index (χ0v) is 15.9. The van der Waals surface area contributed by atoms with E-state index in [1.165, 1.54) is 6.20 Å². The summed E-state index contributed by atoms with van der Waals surface area (Å²) >= 11 is 0. The van der Waals surface area contributed by atoms with Crippen molar-refractivity contribution < 1.29 is 9.53 Å². The standard InChI is InChI=1S/C20H17N7O2/c1-11-3-4-12-14(7-11)27(2)26-16(12)13-8-22-18-17(24-13)15(9-23-18)29-19(28)25-20(10-21)5-6-20/h3-4,7-9H,5-6H2,1-2H3,(H,22,23)(H,25,28). The number of nitrogens with zero attached hydrogens (tertiary/aromatic N) is 5. The third kappa shape index (κ3) is 2.86. The summed E-state index contributed by atoms with van der Waals surface area (Å²) in [5, 5.41) is 17.3. The van der Waals surface area contributed by atoms with E-state index < -0.39 is 11.6 Å². The summed E-state index contributed by atoms with van der Waals surface area (Å²) < 4.78 is 7.19. The van der Waals surface area contributed by atoms with Gasteiger partial charge in [0.25, 0.3) is 0 Å². The van der Waals surface area contributed by atoms with E-state index in [0.29, 0.717) is 35.4 Å². The number of benzene rings is 1. The number of aromatic amines is 1. The van der Waals surface area contributed by atoms with Crippen LogP contribution in [0, 0.1) is 18.3 Å². The predicted octanol–water partition coefficient (Wildman–Crippen LogP) is 2.96. The number of ether oxygens (including phenoxy) is 1. The SMILES string of the molecule is Cc1ccc2c(-c3cnc4[nH]cc(OC(=O)NC5(C#N)CC5)c4n3)nn(C)c2c1. The summed E-state index contributed by atoms with van der Waals surface area (Å²) in [5.74, 6) is 0.247. The molecule has 9 heteroatoms. The zero-order valence-electron chi connectivity index (χ0n) is 15.9. The van der Waals surface area contributed by atoms with Crippen molar-refractivity contribution in [2.45, 2.75) is 25.3 Å². The zero-order chi connectivity index (χ0) is 20.2. The Morgan fingerprint density at radius 2 is 2.24 bits per heavy atom. The van der Waals surface area contributed by atoms with Crippen LogP contribution < -0.4 is 10.1 Å². The van der Waals surface area contributed by atoms with Gasteiger partial charge in [-0.05, 0) is 31.4 Å². The number of nitrogens with one attached hydrogen (secondary N) is 2. The van der Waals surface area contributed by atoms with Crippen molar-refractivity contribution in [2.75, 3.05) is 0 Å². The summed E-state index contributed by atoms with van der Waals surface area (Å²) in [6, 6.07) is 8.20. The van der Waals surface area contributed by atoms with Crippen LogP contribution in [0.3, 0.4) is 0 Å². The second-order valence-corrected chi connectivity index (χ2v) is 7.31. The molecule has 0 unspecified atom stereocenters. The molecule has 1 aliphatic carbocycles. The van der Waals surface area contributed by atoms with E-state index in [1.807, 2.05) is 30.8 Å². The maximum atomic E-state index is 12.2. The van der Waals surface area contributed by atoms with Crippen molar-refractivity contribution >= 4 is 28.2 Å². The van der Waals surface area contributed by atoms with E-state index in [9.17, 15) is 4.79 Å². The van der Waals surface area contributed by atoms with Crippen LogP contribution in [-0.2, 0) is 7.05 Å². The number of carbonyl (C=O) groups excluding carboxylic acids is 1. The lowest BCUT2D eigenvalue weighted by Gasteiger charge is -2.08. The van der Waals surface area contributed by atoms with E-state index >= 15 is 0 Å². The Labute approximate surface area is 165 Å². The molecule has 9 nitrogen and oxygen atoms in total. The lowest BCUT2D eigenvalue weighted by molar-refractivity contribution is 0.198. The van der Waals surface area contributed by atoms with E-state index in [0.717, 1.165) is 16.5 Å². The summed E-state index contributed by atoms with van der Waals surface area (Å²) in [5.41, 5.74) is 3.54. The highest BCUT2D eigenvalue weighted by atomic mass is 16.6. The quantitative estimate of drug-likeness (QED) is 0.557. The van der Waals surface area contributed by atoms with E-state index in [2.05, 4.69) is 37.5 Å². The second kappa shape index (κ2) is 6.04. The summed E-state index contributed by atoms with van der Waals surface area (Å²) in [6.45, 7) is 2.03. The number of aromatic nitrogens is 5. The largest absolute Gasteiger partial charge is 0.414 e. The molecule has 1 fully saturated rings. The first-order valence-corrected chi connectivity index (χ1v) is 9.17. The van der Waals surface area contributed by atoms with Gasteiger partial charge < -0.3 is 15.0 Å². The van der Waals surface area contributed by atoms with Crippen molar-refractivity contribution in [3.05, 3.63) is 36.2 Å². The van der Waals surface area contributed by atoms with Crippen LogP contribution in [0.4, 0.5) is 4.79 Å². The Balaban J connectivity index is 1.52. The van der Waals surface area contributed by atoms with Crippen molar-refractivity contribution in [2.24, 2.45) is 7.05 Å². The molecule has 0 bridgehead atoms. The van der Waals surface area contributed by atoms with Crippen LogP contribution in [0.2, 0.25) is 0 Å². The van der Waals surface area contributed by atoms with Gasteiger partial charge in [0.05, 0.1) is 17.8 Å². The maximum Gasteiger partial charge on any atom is 0.414 e. The van der Waals surface area contributed by atoms with Gasteiger partial charge in [-0.25, -0.2) is 14.8 Å². The van der Waals surface area contributed by atoms with E-state index in [-0.39, 0.29) is 5.75 Å². The average Bonchev–Trinajstić information content (AvgIpc) is 3.26. The molecule has 3 heterocycles. The number of aryl methyl sites for hydroxylation is 2. The number of hydrogen-bond donors (Lipinski definition) is 2. The smallest absolute Gasteiger partial charge is 0.406 e. The molecule has 0 radical (unpaired) electrons. The molecule has 0 spiro atoms. The first-order chi connectivity index (χ1) is 14.0. The minimum absolute atomic E-state index is 0.247. The highest BCUT2D eigenvalue weighted by Gasteiger charge is 2.45. The van der Waals surface area contributed by atoms with Gasteiger partial charge in [-0.1, -0.05) is 12.1 Å². The third-order valence-electron chi connectivity index (χ3n) is 5.10. The maximum absolute atomic E-state index is 12.2. The van der Waals surface area contributed by atoms with Gasteiger partial charge in [-0.3, -0.25) is 4.68 Å². The third-order valence-corrected chi connectivity index (χ3v) is 5.10. The summed E-state index contributed by atoms with van der Waals surface area (Å²) in [6.07, 6.45) is 3.74. The Hall–Kier alpha value is -3.93. The monoisotopic (exact) mass is 387 g/mol. The molecular weight excluding hydrogens is 370 g/mol. The molecule has 3 aromatic heterocycles. The fraction of sp³-hybridized carbons (Fsp3) is 0.250. The predicted molar refractivity (Wildman–Crippen MR) is 105 cm³/mol. The number of carbonyl (C=O) groups is 1. The van der Waals surface area contributed by atoms with E-state index in [4.69, 9.17) is 10.00 Å². The van der Waals surface area contributed by atoms with Crippen LogP contribution in [0.15, 0.2) is 30.6 Å². The molecule has 1 aromatic carbocycles. The minimum atomic E-state index is -0.801. The topological polar surface area (TPSA) is 122 Å². The molecule has 5 rings (SSSR count). The van der Waals surface area contributed by atoms with Crippen molar-refractivity contribution in [3.8, 4) is 23.2 Å². The number of hydrogen-bond acceptors (Lipinski definition) is 6. The van der Waals surface area contributed by atoms with E-state index in [1.54, 1.807) is 6.20 Å². The molecule has 0 saturated heterocycles. The normalized spacial score (nSPS) is 14.7. The minimum Gasteiger partial charge on any atom is -0.406 e. The van der Waals surface area contributed by atoms with Crippen molar-refractivity contribution in [1.82, 2.24) is 30.0 Å². The van der Waals surface area contributed by atoms with Gasteiger partial charge in [0.2, 0.25) is 0 Å². The Morgan fingerprint density at radius 1 is 1.41 bits per heavy atom. The molecule has 1 saturated carbocycles. The number of amides is 1. The fourth-order valence-corrected chi connectivity index (χ4v) is 3.33. The van der Waals surface area contributed by atoms with Gasteiger partial charge in [0.1, 0.15) is 16.9 Å². The van der Waals surface area contributed by atoms with Crippen molar-refractivity contribution in [3.63, 3.8) is 0 Å². The first kappa shape index (κ1) is 17.2. The lowest BCUT2D eigenvalue weighted by Crippen LogP contribution is -2.37. The van der Waals surface area contributed by atoms with Gasteiger partial charge >= 0.3 is 6.09 Å². The molecular formula is C20H17N7O2. The van der Waals surface area contributed by atoms with Crippen molar-refractivity contribution in [1.29, 1.82) is 5.26 Å². The van der Waals surface area contributed by atoms with Crippen LogP contribution in [0.25, 0.3) is 33.5 Å². The molecule has 4 aromatic rings. The van der Waals surface area contributed by atoms with Gasteiger partial charge in [0.15, 0.2) is 16.9 Å². The van der Waals surface area contributed by atoms with Crippen LogP contribution in [0.5, 0.6) is 5.75 Å². The van der Waals surface area contributed by atoms with Crippen LogP contribution in [0.1, 0.15) is 18.4 Å². The molecule has 0 aliphatic heterocycles. The van der Waals surface area contributed by atoms with Crippen LogP contribution in [-0.4, -0.2) is 36.4 Å². The number of nitriles is 1. The molecule has 1 aliphatic rings. The first-order valence-electron chi connectivity index (χ1n) is 9.17. The Bertz CT molecular complexity index is 1320. The number of rotatable bonds is 3. The fourth-order valence-electron chi connectivity index (χ4n) is 3.33. The molecule has 144 valence electrons. The molecule has 1 amide bonds.